The number of carboxylic acid groups (broad SMARTS) is 1. The van der Waals surface area contributed by atoms with E-state index < -0.39 is 54.0 Å². The Balaban J connectivity index is 1.83. The van der Waals surface area contributed by atoms with Gasteiger partial charge in [-0.3, -0.25) is 4.79 Å². The Labute approximate surface area is 183 Å². The second-order valence-corrected chi connectivity index (χ2v) is 7.94. The number of nitrogens with one attached hydrogen (secondary N) is 1. The first-order chi connectivity index (χ1) is 15.1. The number of nitrogens with zero attached hydrogens (tertiary/aromatic N) is 1. The quantitative estimate of drug-likeness (QED) is 0.681. The molecule has 0 aliphatic carbocycles. The van der Waals surface area contributed by atoms with E-state index in [9.17, 15) is 32.3 Å². The molecule has 1 N–H and O–H groups in total. The van der Waals surface area contributed by atoms with Crippen LogP contribution in [0.25, 0.3) is 0 Å². The van der Waals surface area contributed by atoms with Crippen molar-refractivity contribution in [2.24, 2.45) is 5.92 Å². The molecule has 1 saturated heterocycles. The minimum atomic E-state index is -4.63. The van der Waals surface area contributed by atoms with Gasteiger partial charge in [0.25, 0.3) is 0 Å². The van der Waals surface area contributed by atoms with Gasteiger partial charge in [0, 0.05) is 24.7 Å². The Bertz CT molecular complexity index is 965. The van der Waals surface area contributed by atoms with Gasteiger partial charge in [-0.05, 0) is 42.5 Å². The van der Waals surface area contributed by atoms with E-state index in [0.29, 0.717) is 37.1 Å². The summed E-state index contributed by atoms with van der Waals surface area (Å²) in [4.78, 5) is 25.8. The topological polar surface area (TPSA) is 72.5 Å². The average molecular weight is 451 g/mol. The summed E-state index contributed by atoms with van der Waals surface area (Å²) in [6.45, 7) is 1.64. The van der Waals surface area contributed by atoms with Crippen molar-refractivity contribution in [3.63, 3.8) is 0 Å². The molecule has 5 nitrogen and oxygen atoms in total. The lowest BCUT2D eigenvalue weighted by molar-refractivity contribution is -0.267. The lowest BCUT2D eigenvalue weighted by Crippen LogP contribution is -2.48. The highest BCUT2D eigenvalue weighted by molar-refractivity contribution is 5.84. The summed E-state index contributed by atoms with van der Waals surface area (Å²) in [5, 5.41) is 14.0. The third-order valence-electron chi connectivity index (χ3n) is 5.93. The summed E-state index contributed by atoms with van der Waals surface area (Å²) in [5.41, 5.74) is -0.663. The summed E-state index contributed by atoms with van der Waals surface area (Å²) >= 11 is 0. The van der Waals surface area contributed by atoms with Gasteiger partial charge in [0.2, 0.25) is 5.91 Å². The summed E-state index contributed by atoms with van der Waals surface area (Å²) < 4.78 is 53.0. The van der Waals surface area contributed by atoms with E-state index in [2.05, 4.69) is 5.32 Å². The monoisotopic (exact) mass is 451 g/mol. The van der Waals surface area contributed by atoms with Crippen LogP contribution in [0.15, 0.2) is 48.5 Å². The molecule has 0 spiro atoms. The summed E-state index contributed by atoms with van der Waals surface area (Å²) in [6.07, 6.45) is -4.74. The van der Waals surface area contributed by atoms with E-state index in [4.69, 9.17) is 0 Å². The van der Waals surface area contributed by atoms with Crippen molar-refractivity contribution in [3.8, 4) is 0 Å². The predicted octanol–water partition coefficient (Wildman–Crippen LogP) is 3.69. The Kier molecular flexibility index (Phi) is 7.06. The number of hydrogen-bond acceptors (Lipinski definition) is 3. The minimum absolute atomic E-state index is 0.287. The molecule has 2 amide bonds. The van der Waals surface area contributed by atoms with E-state index in [1.54, 1.807) is 37.3 Å². The van der Waals surface area contributed by atoms with Gasteiger partial charge >= 0.3 is 6.18 Å². The number of carbonyl (C=O) groups is 2. The molecule has 3 rings (SSSR count). The first-order valence-corrected chi connectivity index (χ1v) is 10.3. The fourth-order valence-corrected chi connectivity index (χ4v) is 4.32. The van der Waals surface area contributed by atoms with Gasteiger partial charge in [0.15, 0.2) is 0 Å². The molecule has 32 heavy (non-hydrogen) atoms. The molecule has 1 aliphatic rings. The fraction of sp³-hybridized carbons (Fsp3) is 0.391. The zero-order valence-electron chi connectivity index (χ0n) is 17.4. The van der Waals surface area contributed by atoms with Crippen LogP contribution in [-0.4, -0.2) is 29.5 Å². The normalized spacial score (nSPS) is 18.3. The van der Waals surface area contributed by atoms with Crippen LogP contribution in [-0.2, 0) is 17.5 Å². The molecule has 3 atom stereocenters. The number of hydrogen-bond donors (Lipinski definition) is 1. The molecular formula is C23H23F4N2O3-. The van der Waals surface area contributed by atoms with Crippen LogP contribution in [0.3, 0.4) is 0 Å². The zero-order chi connectivity index (χ0) is 23.5. The number of amides is 2. The third-order valence-corrected chi connectivity index (χ3v) is 5.93. The van der Waals surface area contributed by atoms with Crippen molar-refractivity contribution in [2.75, 3.05) is 6.54 Å². The van der Waals surface area contributed by atoms with Crippen molar-refractivity contribution >= 4 is 12.0 Å². The molecule has 9 heteroatoms. The Morgan fingerprint density at radius 3 is 2.50 bits per heavy atom. The highest BCUT2D eigenvalue weighted by Crippen LogP contribution is 2.35. The van der Waals surface area contributed by atoms with E-state index in [1.807, 2.05) is 0 Å². The van der Waals surface area contributed by atoms with Crippen LogP contribution >= 0.6 is 0 Å². The first-order valence-electron chi connectivity index (χ1n) is 10.3. The molecule has 3 unspecified atom stereocenters. The molecule has 1 heterocycles. The van der Waals surface area contributed by atoms with Crippen molar-refractivity contribution in [1.82, 2.24) is 10.2 Å². The molecule has 0 radical (unpaired) electrons. The number of alkyl halides is 3. The first kappa shape index (κ1) is 23.6. The summed E-state index contributed by atoms with van der Waals surface area (Å²) in [6, 6.07) is 10.3. The smallest absolute Gasteiger partial charge is 0.416 e. The number of rotatable bonds is 6. The summed E-state index contributed by atoms with van der Waals surface area (Å²) in [7, 11) is 0. The number of carbonyl (C=O) groups excluding carboxylic acids is 2. The van der Waals surface area contributed by atoms with Gasteiger partial charge in [-0.2, -0.15) is 13.2 Å². The molecule has 0 aromatic heterocycles. The van der Waals surface area contributed by atoms with E-state index in [0.717, 1.165) is 6.07 Å². The largest absolute Gasteiger partial charge is 0.530 e. The van der Waals surface area contributed by atoms with E-state index in [1.165, 1.54) is 4.90 Å². The third kappa shape index (κ3) is 5.20. The van der Waals surface area contributed by atoms with Crippen LogP contribution in [0.4, 0.5) is 22.4 Å². The lowest BCUT2D eigenvalue weighted by atomic mass is 9.81. The maximum Gasteiger partial charge on any atom is 0.416 e. The van der Waals surface area contributed by atoms with Crippen LogP contribution in [0, 0.1) is 11.7 Å². The highest BCUT2D eigenvalue weighted by atomic mass is 19.4. The predicted molar refractivity (Wildman–Crippen MR) is 107 cm³/mol. The van der Waals surface area contributed by atoms with Crippen LogP contribution in [0.1, 0.15) is 42.4 Å². The van der Waals surface area contributed by atoms with E-state index >= 15 is 0 Å². The van der Waals surface area contributed by atoms with Gasteiger partial charge in [0.05, 0.1) is 11.5 Å². The lowest BCUT2D eigenvalue weighted by Gasteiger charge is -2.35. The number of benzene rings is 2. The van der Waals surface area contributed by atoms with Crippen molar-refractivity contribution in [2.45, 2.75) is 44.4 Å². The SMILES string of the molecule is CC(C(C(=O)NCc1cc(C(F)(F)F)ccc1F)c1ccccc1)C1CCCN1C(=O)[O-]. The standard InChI is InChI=1S/C23H24F4N2O3/c1-14(19-8-5-11-29(19)22(31)32)20(15-6-3-2-4-7-15)21(30)28-13-16-12-17(23(25,26)27)9-10-18(16)24/h2-4,6-7,9-10,12,14,19-20H,5,8,11,13H2,1H3,(H,28,30)(H,31,32)/p-1. The molecule has 0 bridgehead atoms. The van der Waals surface area contributed by atoms with Gasteiger partial charge in [-0.1, -0.05) is 37.3 Å². The van der Waals surface area contributed by atoms with Gasteiger partial charge in [-0.15, -0.1) is 0 Å². The maximum absolute atomic E-state index is 14.1. The van der Waals surface area contributed by atoms with Gasteiger partial charge < -0.3 is 20.1 Å². The summed E-state index contributed by atoms with van der Waals surface area (Å²) in [5.74, 6) is -2.61. The Hall–Kier alpha value is -3.10. The van der Waals surface area contributed by atoms with Gasteiger partial charge in [-0.25, -0.2) is 4.39 Å². The Morgan fingerprint density at radius 1 is 1.19 bits per heavy atom. The molecule has 1 fully saturated rings. The highest BCUT2D eigenvalue weighted by Gasteiger charge is 2.38. The molecule has 2 aromatic carbocycles. The zero-order valence-corrected chi connectivity index (χ0v) is 17.4. The maximum atomic E-state index is 14.1. The average Bonchev–Trinajstić information content (AvgIpc) is 3.23. The Morgan fingerprint density at radius 2 is 1.88 bits per heavy atom. The van der Waals surface area contributed by atoms with Crippen LogP contribution < -0.4 is 10.4 Å². The van der Waals surface area contributed by atoms with Crippen molar-refractivity contribution in [3.05, 3.63) is 71.0 Å². The molecule has 172 valence electrons. The number of halogens is 4. The molecule has 1 aliphatic heterocycles. The molecule has 0 saturated carbocycles. The van der Waals surface area contributed by atoms with Crippen molar-refractivity contribution in [1.29, 1.82) is 0 Å². The second-order valence-electron chi connectivity index (χ2n) is 7.94. The molecule has 2 aromatic rings. The van der Waals surface area contributed by atoms with E-state index in [-0.39, 0.29) is 5.56 Å². The van der Waals surface area contributed by atoms with Crippen LogP contribution in [0.5, 0.6) is 0 Å². The second kappa shape index (κ2) is 9.58. The van der Waals surface area contributed by atoms with Gasteiger partial charge in [0.1, 0.15) is 11.9 Å². The molecular weight excluding hydrogens is 428 g/mol. The minimum Gasteiger partial charge on any atom is -0.530 e. The van der Waals surface area contributed by atoms with Crippen LogP contribution in [0.2, 0.25) is 0 Å². The fourth-order valence-electron chi connectivity index (χ4n) is 4.32. The van der Waals surface area contributed by atoms with Crippen molar-refractivity contribution < 1.29 is 32.3 Å². The number of likely N-dealkylation sites (tertiary alicyclic amines) is 1.